The summed E-state index contributed by atoms with van der Waals surface area (Å²) in [5.74, 6) is 0.883. The van der Waals surface area contributed by atoms with Crippen molar-refractivity contribution in [2.24, 2.45) is 12.0 Å². The van der Waals surface area contributed by atoms with E-state index in [-0.39, 0.29) is 0 Å². The number of hydrogen-bond donors (Lipinski definition) is 2. The third-order valence-corrected chi connectivity index (χ3v) is 4.18. The molecule has 1 aromatic heterocycles. The van der Waals surface area contributed by atoms with Crippen LogP contribution in [0.4, 0.5) is 0 Å². The molecule has 0 spiro atoms. The summed E-state index contributed by atoms with van der Waals surface area (Å²) in [6, 6.07) is 2.10. The Bertz CT molecular complexity index is 463. The number of nitrogens with one attached hydrogen (secondary N) is 2. The summed E-state index contributed by atoms with van der Waals surface area (Å²) in [5, 5.41) is 6.68. The predicted octanol–water partition coefficient (Wildman–Crippen LogP) is 2.82. The van der Waals surface area contributed by atoms with Gasteiger partial charge in [0, 0.05) is 39.1 Å². The van der Waals surface area contributed by atoms with Crippen LogP contribution >= 0.6 is 0 Å². The van der Waals surface area contributed by atoms with E-state index in [2.05, 4.69) is 34.8 Å². The maximum absolute atomic E-state index is 5.95. The highest BCUT2D eigenvalue weighted by Gasteiger charge is 2.12. The molecule has 1 fully saturated rings. The lowest BCUT2D eigenvalue weighted by atomic mass is 9.98. The van der Waals surface area contributed by atoms with Crippen molar-refractivity contribution in [3.8, 4) is 0 Å². The molecule has 1 aromatic rings. The molecular weight excluding hydrogens is 288 g/mol. The summed E-state index contributed by atoms with van der Waals surface area (Å²) in [6.07, 6.45) is 12.2. The molecule has 1 heterocycles. The van der Waals surface area contributed by atoms with Crippen LogP contribution in [-0.2, 0) is 18.3 Å². The maximum Gasteiger partial charge on any atom is 0.191 e. The van der Waals surface area contributed by atoms with Gasteiger partial charge in [-0.05, 0) is 37.8 Å². The number of guanidine groups is 1. The zero-order chi connectivity index (χ0) is 16.3. The van der Waals surface area contributed by atoms with Crippen molar-refractivity contribution < 1.29 is 4.74 Å². The van der Waals surface area contributed by atoms with Gasteiger partial charge in [0.05, 0.1) is 12.6 Å². The first-order chi connectivity index (χ1) is 11.3. The standard InChI is InChI=1S/C18H32N4O/c1-3-19-18(21-14-16-10-12-22(2)15-16)20-11-7-13-23-17-8-5-4-6-9-17/h10,12,15,17H,3-9,11,13-14H2,1-2H3,(H2,19,20,21). The second-order valence-electron chi connectivity index (χ2n) is 6.29. The van der Waals surface area contributed by atoms with Gasteiger partial charge in [-0.15, -0.1) is 0 Å². The molecule has 130 valence electrons. The molecule has 1 saturated carbocycles. The number of rotatable bonds is 8. The highest BCUT2D eigenvalue weighted by molar-refractivity contribution is 5.79. The number of hydrogen-bond acceptors (Lipinski definition) is 2. The van der Waals surface area contributed by atoms with Gasteiger partial charge in [-0.1, -0.05) is 19.3 Å². The van der Waals surface area contributed by atoms with Crippen LogP contribution in [0.2, 0.25) is 0 Å². The fourth-order valence-electron chi connectivity index (χ4n) is 2.93. The molecule has 2 N–H and O–H groups in total. The van der Waals surface area contributed by atoms with Gasteiger partial charge in [0.25, 0.3) is 0 Å². The van der Waals surface area contributed by atoms with Crippen LogP contribution < -0.4 is 10.6 Å². The second kappa shape index (κ2) is 10.3. The van der Waals surface area contributed by atoms with E-state index in [1.54, 1.807) is 0 Å². The van der Waals surface area contributed by atoms with E-state index in [0.29, 0.717) is 12.6 Å². The van der Waals surface area contributed by atoms with Crippen LogP contribution in [0, 0.1) is 0 Å². The van der Waals surface area contributed by atoms with Gasteiger partial charge < -0.3 is 19.9 Å². The largest absolute Gasteiger partial charge is 0.378 e. The van der Waals surface area contributed by atoms with Gasteiger partial charge in [0.15, 0.2) is 5.96 Å². The molecule has 5 nitrogen and oxygen atoms in total. The molecule has 0 bridgehead atoms. The van der Waals surface area contributed by atoms with Gasteiger partial charge in [-0.2, -0.15) is 0 Å². The lowest BCUT2D eigenvalue weighted by Crippen LogP contribution is -2.38. The van der Waals surface area contributed by atoms with Gasteiger partial charge in [-0.25, -0.2) is 4.99 Å². The number of ether oxygens (including phenoxy) is 1. The SMILES string of the molecule is CCNC(=NCc1ccn(C)c1)NCCCOC1CCCCC1. The van der Waals surface area contributed by atoms with Gasteiger partial charge in [-0.3, -0.25) is 0 Å². The Labute approximate surface area is 140 Å². The molecule has 1 aliphatic rings. The van der Waals surface area contributed by atoms with Crippen molar-refractivity contribution in [3.05, 3.63) is 24.0 Å². The zero-order valence-corrected chi connectivity index (χ0v) is 14.7. The van der Waals surface area contributed by atoms with Crippen LogP contribution in [0.3, 0.4) is 0 Å². The van der Waals surface area contributed by atoms with E-state index < -0.39 is 0 Å². The van der Waals surface area contributed by atoms with E-state index in [0.717, 1.165) is 32.1 Å². The summed E-state index contributed by atoms with van der Waals surface area (Å²) in [5.41, 5.74) is 1.23. The first-order valence-corrected chi connectivity index (χ1v) is 9.02. The normalized spacial score (nSPS) is 16.5. The number of aliphatic imine (C=N–C) groups is 1. The van der Waals surface area contributed by atoms with Crippen LogP contribution in [0.1, 0.15) is 51.0 Å². The maximum atomic E-state index is 5.95. The van der Waals surface area contributed by atoms with Crippen LogP contribution in [0.25, 0.3) is 0 Å². The van der Waals surface area contributed by atoms with Crippen molar-refractivity contribution in [2.45, 2.75) is 58.1 Å². The molecule has 0 saturated heterocycles. The number of aryl methyl sites for hydroxylation is 1. The molecule has 0 atom stereocenters. The van der Waals surface area contributed by atoms with Crippen molar-refractivity contribution in [1.29, 1.82) is 0 Å². The molecule has 0 radical (unpaired) electrons. The van der Waals surface area contributed by atoms with Crippen molar-refractivity contribution >= 4 is 5.96 Å². The molecule has 0 aromatic carbocycles. The third kappa shape index (κ3) is 7.08. The monoisotopic (exact) mass is 320 g/mol. The molecule has 0 unspecified atom stereocenters. The minimum absolute atomic E-state index is 0.503. The lowest BCUT2D eigenvalue weighted by Gasteiger charge is -2.22. The van der Waals surface area contributed by atoms with Crippen LogP contribution in [-0.4, -0.2) is 36.3 Å². The zero-order valence-electron chi connectivity index (χ0n) is 14.7. The highest BCUT2D eigenvalue weighted by Crippen LogP contribution is 2.20. The quantitative estimate of drug-likeness (QED) is 0.440. The molecule has 2 rings (SSSR count). The van der Waals surface area contributed by atoms with Gasteiger partial charge >= 0.3 is 0 Å². The average molecular weight is 320 g/mol. The Hall–Kier alpha value is -1.49. The fraction of sp³-hybridized carbons (Fsp3) is 0.722. The summed E-state index contributed by atoms with van der Waals surface area (Å²) >= 11 is 0. The number of nitrogens with zero attached hydrogens (tertiary/aromatic N) is 2. The van der Waals surface area contributed by atoms with Gasteiger partial charge in [0.1, 0.15) is 0 Å². The summed E-state index contributed by atoms with van der Waals surface area (Å²) in [6.45, 7) is 5.41. The summed E-state index contributed by atoms with van der Waals surface area (Å²) in [7, 11) is 2.03. The summed E-state index contributed by atoms with van der Waals surface area (Å²) < 4.78 is 8.00. The fourth-order valence-corrected chi connectivity index (χ4v) is 2.93. The first kappa shape index (κ1) is 17.9. The van der Waals surface area contributed by atoms with Crippen LogP contribution in [0.5, 0.6) is 0 Å². The molecule has 1 aliphatic carbocycles. The Morgan fingerprint density at radius 3 is 2.83 bits per heavy atom. The minimum Gasteiger partial charge on any atom is -0.378 e. The van der Waals surface area contributed by atoms with E-state index in [1.807, 2.05) is 17.8 Å². The molecule has 0 aliphatic heterocycles. The Kier molecular flexibility index (Phi) is 8.01. The van der Waals surface area contributed by atoms with E-state index in [1.165, 1.54) is 37.7 Å². The molecule has 0 amide bonds. The van der Waals surface area contributed by atoms with Gasteiger partial charge in [0.2, 0.25) is 0 Å². The average Bonchev–Trinajstić information content (AvgIpc) is 2.98. The van der Waals surface area contributed by atoms with Crippen molar-refractivity contribution in [3.63, 3.8) is 0 Å². The smallest absolute Gasteiger partial charge is 0.191 e. The molecule has 23 heavy (non-hydrogen) atoms. The Morgan fingerprint density at radius 1 is 1.30 bits per heavy atom. The molecule has 5 heteroatoms. The highest BCUT2D eigenvalue weighted by atomic mass is 16.5. The van der Waals surface area contributed by atoms with E-state index in [9.17, 15) is 0 Å². The topological polar surface area (TPSA) is 50.6 Å². The Morgan fingerprint density at radius 2 is 2.13 bits per heavy atom. The minimum atomic E-state index is 0.503. The van der Waals surface area contributed by atoms with Crippen molar-refractivity contribution in [1.82, 2.24) is 15.2 Å². The lowest BCUT2D eigenvalue weighted by molar-refractivity contribution is 0.0277. The van der Waals surface area contributed by atoms with Crippen molar-refractivity contribution in [2.75, 3.05) is 19.7 Å². The van der Waals surface area contributed by atoms with Crippen LogP contribution in [0.15, 0.2) is 23.5 Å². The van der Waals surface area contributed by atoms with E-state index in [4.69, 9.17) is 4.74 Å². The predicted molar refractivity (Wildman–Crippen MR) is 95.7 cm³/mol. The number of aromatic nitrogens is 1. The molecular formula is C18H32N4O. The second-order valence-corrected chi connectivity index (χ2v) is 6.29. The van der Waals surface area contributed by atoms with E-state index >= 15 is 0 Å². The Balaban J connectivity index is 1.63. The third-order valence-electron chi connectivity index (χ3n) is 4.18. The first-order valence-electron chi connectivity index (χ1n) is 9.02. The summed E-state index contributed by atoms with van der Waals surface area (Å²) in [4.78, 5) is 4.62.